The van der Waals surface area contributed by atoms with Crippen molar-refractivity contribution in [2.75, 3.05) is 13.7 Å². The molecule has 0 bridgehead atoms. The zero-order valence-corrected chi connectivity index (χ0v) is 8.73. The van der Waals surface area contributed by atoms with Crippen LogP contribution < -0.4 is 9.47 Å². The fraction of sp³-hybridized carbons (Fsp3) is 0.417. The number of hydrogen-bond donors (Lipinski definition) is 0. The molecule has 0 N–H and O–H groups in total. The number of hydrogen-bond acceptors (Lipinski definition) is 3. The minimum Gasteiger partial charge on any atom is -0.497 e. The standard InChI is InChI=1S/C12H14O3/c1-14-11-4-5-12(10(6-11)7-13)15-8-9-2-3-9/h4-7,9H,2-3,8H2,1H3. The first kappa shape index (κ1) is 10.0. The van der Waals surface area contributed by atoms with Crippen molar-refractivity contribution in [1.82, 2.24) is 0 Å². The second kappa shape index (κ2) is 4.34. The molecule has 15 heavy (non-hydrogen) atoms. The third-order valence-corrected chi connectivity index (χ3v) is 2.52. The second-order valence-corrected chi connectivity index (χ2v) is 3.78. The number of aldehydes is 1. The van der Waals surface area contributed by atoms with Gasteiger partial charge in [-0.25, -0.2) is 0 Å². The molecule has 1 aromatic carbocycles. The van der Waals surface area contributed by atoms with Crippen LogP contribution in [0, 0.1) is 5.92 Å². The number of methoxy groups -OCH3 is 1. The molecule has 3 heteroatoms. The number of benzene rings is 1. The van der Waals surface area contributed by atoms with E-state index in [1.165, 1.54) is 12.8 Å². The highest BCUT2D eigenvalue weighted by Gasteiger charge is 2.22. The predicted molar refractivity (Wildman–Crippen MR) is 56.6 cm³/mol. The quantitative estimate of drug-likeness (QED) is 0.693. The number of rotatable bonds is 5. The number of carbonyl (C=O) groups excluding carboxylic acids is 1. The van der Waals surface area contributed by atoms with E-state index < -0.39 is 0 Å². The third-order valence-electron chi connectivity index (χ3n) is 2.52. The molecule has 0 atom stereocenters. The van der Waals surface area contributed by atoms with Gasteiger partial charge in [-0.1, -0.05) is 0 Å². The summed E-state index contributed by atoms with van der Waals surface area (Å²) >= 11 is 0. The Morgan fingerprint density at radius 2 is 2.27 bits per heavy atom. The van der Waals surface area contributed by atoms with Crippen LogP contribution in [0.4, 0.5) is 0 Å². The lowest BCUT2D eigenvalue weighted by Crippen LogP contribution is -2.01. The van der Waals surface area contributed by atoms with E-state index in [2.05, 4.69) is 0 Å². The summed E-state index contributed by atoms with van der Waals surface area (Å²) < 4.78 is 10.6. The first-order valence-corrected chi connectivity index (χ1v) is 5.09. The van der Waals surface area contributed by atoms with Crippen LogP contribution in [0.25, 0.3) is 0 Å². The van der Waals surface area contributed by atoms with Gasteiger partial charge in [0, 0.05) is 0 Å². The van der Waals surface area contributed by atoms with Crippen LogP contribution in [-0.4, -0.2) is 20.0 Å². The van der Waals surface area contributed by atoms with Crippen LogP contribution in [0.1, 0.15) is 23.2 Å². The zero-order valence-electron chi connectivity index (χ0n) is 8.73. The molecule has 0 aromatic heterocycles. The first-order chi connectivity index (χ1) is 7.33. The Bertz CT molecular complexity index is 356. The second-order valence-electron chi connectivity index (χ2n) is 3.78. The lowest BCUT2D eigenvalue weighted by molar-refractivity contribution is 0.111. The van der Waals surface area contributed by atoms with Crippen LogP contribution in [0.5, 0.6) is 11.5 Å². The van der Waals surface area contributed by atoms with Crippen molar-refractivity contribution >= 4 is 6.29 Å². The van der Waals surface area contributed by atoms with Gasteiger partial charge >= 0.3 is 0 Å². The van der Waals surface area contributed by atoms with Crippen LogP contribution in [0.3, 0.4) is 0 Å². The summed E-state index contributed by atoms with van der Waals surface area (Å²) in [7, 11) is 1.58. The molecule has 0 aliphatic heterocycles. The summed E-state index contributed by atoms with van der Waals surface area (Å²) in [6.07, 6.45) is 3.28. The summed E-state index contributed by atoms with van der Waals surface area (Å²) in [6, 6.07) is 5.27. The van der Waals surface area contributed by atoms with Crippen molar-refractivity contribution in [2.45, 2.75) is 12.8 Å². The fourth-order valence-electron chi connectivity index (χ4n) is 1.37. The van der Waals surface area contributed by atoms with E-state index in [0.29, 0.717) is 29.6 Å². The molecule has 1 aliphatic rings. The number of carbonyl (C=O) groups is 1. The molecule has 1 saturated carbocycles. The zero-order chi connectivity index (χ0) is 10.7. The maximum Gasteiger partial charge on any atom is 0.153 e. The van der Waals surface area contributed by atoms with E-state index in [1.54, 1.807) is 25.3 Å². The molecule has 1 aromatic rings. The van der Waals surface area contributed by atoms with Gasteiger partial charge in [0.25, 0.3) is 0 Å². The molecule has 0 spiro atoms. The average molecular weight is 206 g/mol. The maximum absolute atomic E-state index is 10.8. The van der Waals surface area contributed by atoms with Crippen LogP contribution in [0.2, 0.25) is 0 Å². The molecule has 0 heterocycles. The summed E-state index contributed by atoms with van der Waals surface area (Å²) in [5.74, 6) is 2.01. The highest BCUT2D eigenvalue weighted by molar-refractivity contribution is 5.80. The fourth-order valence-corrected chi connectivity index (χ4v) is 1.37. The summed E-state index contributed by atoms with van der Waals surface area (Å²) in [6.45, 7) is 0.715. The van der Waals surface area contributed by atoms with Crippen molar-refractivity contribution in [3.05, 3.63) is 23.8 Å². The van der Waals surface area contributed by atoms with E-state index in [9.17, 15) is 4.79 Å². The highest BCUT2D eigenvalue weighted by Crippen LogP contribution is 2.30. The summed E-state index contributed by atoms with van der Waals surface area (Å²) in [5, 5.41) is 0. The van der Waals surface area contributed by atoms with Gasteiger partial charge in [-0.05, 0) is 37.0 Å². The molecule has 0 amide bonds. The van der Waals surface area contributed by atoms with Gasteiger partial charge in [0.2, 0.25) is 0 Å². The molecule has 3 nitrogen and oxygen atoms in total. The van der Waals surface area contributed by atoms with E-state index in [0.717, 1.165) is 6.29 Å². The van der Waals surface area contributed by atoms with Gasteiger partial charge in [0.15, 0.2) is 6.29 Å². The predicted octanol–water partition coefficient (Wildman–Crippen LogP) is 2.30. The molecule has 0 radical (unpaired) electrons. The highest BCUT2D eigenvalue weighted by atomic mass is 16.5. The Hall–Kier alpha value is -1.51. The minimum absolute atomic E-state index is 0.551. The van der Waals surface area contributed by atoms with Gasteiger partial charge in [-0.15, -0.1) is 0 Å². The van der Waals surface area contributed by atoms with Crippen molar-refractivity contribution in [3.8, 4) is 11.5 Å². The minimum atomic E-state index is 0.551. The van der Waals surface area contributed by atoms with Crippen LogP contribution >= 0.6 is 0 Å². The van der Waals surface area contributed by atoms with Crippen molar-refractivity contribution in [2.24, 2.45) is 5.92 Å². The van der Waals surface area contributed by atoms with Crippen molar-refractivity contribution < 1.29 is 14.3 Å². The Morgan fingerprint density at radius 3 is 2.87 bits per heavy atom. The van der Waals surface area contributed by atoms with Gasteiger partial charge in [0.05, 0.1) is 19.3 Å². The normalized spacial score (nSPS) is 14.7. The lowest BCUT2D eigenvalue weighted by atomic mass is 10.2. The van der Waals surface area contributed by atoms with E-state index in [4.69, 9.17) is 9.47 Å². The maximum atomic E-state index is 10.8. The monoisotopic (exact) mass is 206 g/mol. The van der Waals surface area contributed by atoms with Crippen LogP contribution in [0.15, 0.2) is 18.2 Å². The van der Waals surface area contributed by atoms with Gasteiger partial charge < -0.3 is 9.47 Å². The van der Waals surface area contributed by atoms with Crippen LogP contribution in [-0.2, 0) is 0 Å². The number of ether oxygens (including phenoxy) is 2. The Labute approximate surface area is 89.0 Å². The topological polar surface area (TPSA) is 35.5 Å². The third kappa shape index (κ3) is 2.49. The molecule has 80 valence electrons. The first-order valence-electron chi connectivity index (χ1n) is 5.09. The molecular formula is C12H14O3. The largest absolute Gasteiger partial charge is 0.497 e. The lowest BCUT2D eigenvalue weighted by Gasteiger charge is -2.08. The Balaban J connectivity index is 2.09. The Kier molecular flexibility index (Phi) is 2.90. The molecular weight excluding hydrogens is 192 g/mol. The van der Waals surface area contributed by atoms with Crippen molar-refractivity contribution in [1.29, 1.82) is 0 Å². The molecule has 2 rings (SSSR count). The summed E-state index contributed by atoms with van der Waals surface area (Å²) in [4.78, 5) is 10.8. The van der Waals surface area contributed by atoms with E-state index in [1.807, 2.05) is 0 Å². The molecule has 1 fully saturated rings. The molecule has 0 saturated heterocycles. The molecule has 1 aliphatic carbocycles. The summed E-state index contributed by atoms with van der Waals surface area (Å²) in [5.41, 5.74) is 0.551. The van der Waals surface area contributed by atoms with E-state index >= 15 is 0 Å². The molecule has 0 unspecified atom stereocenters. The van der Waals surface area contributed by atoms with Crippen molar-refractivity contribution in [3.63, 3.8) is 0 Å². The SMILES string of the molecule is COc1ccc(OCC2CC2)c(C=O)c1. The van der Waals surface area contributed by atoms with Gasteiger partial charge in [-0.2, -0.15) is 0 Å². The van der Waals surface area contributed by atoms with E-state index in [-0.39, 0.29) is 0 Å². The van der Waals surface area contributed by atoms with Gasteiger partial charge in [-0.3, -0.25) is 4.79 Å². The average Bonchev–Trinajstić information content (AvgIpc) is 3.10. The smallest absolute Gasteiger partial charge is 0.153 e. The van der Waals surface area contributed by atoms with Gasteiger partial charge in [0.1, 0.15) is 11.5 Å². The Morgan fingerprint density at radius 1 is 1.47 bits per heavy atom.